The minimum atomic E-state index is -3.72. The molecule has 0 aromatic heterocycles. The summed E-state index contributed by atoms with van der Waals surface area (Å²) in [6.07, 6.45) is 0.684. The van der Waals surface area contributed by atoms with Gasteiger partial charge in [-0.1, -0.05) is 52.3 Å². The topological polar surface area (TPSA) is 65.1 Å². The Labute approximate surface area is 197 Å². The third-order valence-corrected chi connectivity index (χ3v) is 12.8. The lowest BCUT2D eigenvalue weighted by molar-refractivity contribution is -0.108. The predicted octanol–water partition coefficient (Wildman–Crippen LogP) is 5.43. The van der Waals surface area contributed by atoms with Gasteiger partial charge >= 0.3 is 0 Å². The number of sulfonamides is 1. The van der Waals surface area contributed by atoms with Crippen molar-refractivity contribution in [1.82, 2.24) is 4.31 Å². The van der Waals surface area contributed by atoms with E-state index in [9.17, 15) is 8.42 Å². The van der Waals surface area contributed by atoms with Crippen LogP contribution in [0.2, 0.25) is 18.1 Å². The highest BCUT2D eigenvalue weighted by Gasteiger charge is 2.39. The van der Waals surface area contributed by atoms with E-state index in [0.29, 0.717) is 36.8 Å². The number of aryl methyl sites for hydroxylation is 1. The molecule has 0 N–H and O–H groups in total. The Bertz CT molecular complexity index is 784. The Morgan fingerprint density at radius 3 is 2.00 bits per heavy atom. The molecule has 0 spiro atoms. The lowest BCUT2D eigenvalue weighted by Crippen LogP contribution is -2.49. The zero-order valence-corrected chi connectivity index (χ0v) is 23.6. The number of hydrogen-bond acceptors (Lipinski definition) is 5. The van der Waals surface area contributed by atoms with Crippen molar-refractivity contribution < 1.29 is 22.3 Å². The molecule has 0 bridgehead atoms. The van der Waals surface area contributed by atoms with E-state index in [2.05, 4.69) is 47.7 Å². The lowest BCUT2D eigenvalue weighted by Gasteiger charge is -2.39. The molecule has 0 saturated heterocycles. The van der Waals surface area contributed by atoms with Crippen LogP contribution in [0.4, 0.5) is 0 Å². The van der Waals surface area contributed by atoms with Gasteiger partial charge in [0.2, 0.25) is 10.0 Å². The van der Waals surface area contributed by atoms with Gasteiger partial charge in [-0.15, -0.1) is 0 Å². The van der Waals surface area contributed by atoms with Gasteiger partial charge in [-0.3, -0.25) is 0 Å². The van der Waals surface area contributed by atoms with Gasteiger partial charge < -0.3 is 13.9 Å². The number of rotatable bonds is 13. The minimum Gasteiger partial charge on any atom is -0.415 e. The maximum absolute atomic E-state index is 13.8. The molecule has 0 aliphatic rings. The number of hydrogen-bond donors (Lipinski definition) is 0. The Morgan fingerprint density at radius 2 is 1.56 bits per heavy atom. The quantitative estimate of drug-likeness (QED) is 0.274. The first-order valence-corrected chi connectivity index (χ1v) is 15.8. The number of ether oxygens (including phenoxy) is 2. The molecular formula is C24H45NO5SSi. The van der Waals surface area contributed by atoms with Gasteiger partial charge in [0, 0.05) is 33.2 Å². The van der Waals surface area contributed by atoms with E-state index in [4.69, 9.17) is 13.9 Å². The molecule has 0 heterocycles. The van der Waals surface area contributed by atoms with Crippen LogP contribution in [0.25, 0.3) is 0 Å². The van der Waals surface area contributed by atoms with E-state index < -0.39 is 24.6 Å². The summed E-state index contributed by atoms with van der Waals surface area (Å²) in [6.45, 7) is 17.8. The maximum Gasteiger partial charge on any atom is 0.243 e. The van der Waals surface area contributed by atoms with E-state index >= 15 is 0 Å². The summed E-state index contributed by atoms with van der Waals surface area (Å²) in [6, 6.07) is 6.76. The van der Waals surface area contributed by atoms with E-state index in [1.54, 1.807) is 30.7 Å². The summed E-state index contributed by atoms with van der Waals surface area (Å²) in [5.41, 5.74) is 1.02. The highest BCUT2D eigenvalue weighted by atomic mass is 32.2. The van der Waals surface area contributed by atoms with Crippen molar-refractivity contribution in [3.05, 3.63) is 29.8 Å². The van der Waals surface area contributed by atoms with Crippen molar-refractivity contribution in [3.8, 4) is 0 Å². The summed E-state index contributed by atoms with van der Waals surface area (Å²) in [7, 11) is -2.62. The van der Waals surface area contributed by atoms with Crippen LogP contribution in [-0.2, 0) is 23.9 Å². The van der Waals surface area contributed by atoms with E-state index in [-0.39, 0.29) is 11.1 Å². The second kappa shape index (κ2) is 12.1. The largest absolute Gasteiger partial charge is 0.415 e. The molecule has 186 valence electrons. The molecule has 0 aliphatic heterocycles. The standard InChI is InChI=1S/C24H45NO5SSi/c1-19(2)17-21(18-30-32(9,10)24(4,5)6)25(16-15-23(28-7)29-8)31(26,27)22-13-11-20(3)12-14-22/h11-14,19,21,23H,15-18H2,1-10H3/t21-/m0/s1. The van der Waals surface area contributed by atoms with Crippen LogP contribution in [0.1, 0.15) is 53.0 Å². The average Bonchev–Trinajstić information content (AvgIpc) is 2.68. The molecule has 0 radical (unpaired) electrons. The molecule has 0 saturated carbocycles. The smallest absolute Gasteiger partial charge is 0.243 e. The number of methoxy groups -OCH3 is 2. The first-order valence-electron chi connectivity index (χ1n) is 11.4. The van der Waals surface area contributed by atoms with Gasteiger partial charge in [-0.05, 0) is 49.5 Å². The van der Waals surface area contributed by atoms with Crippen molar-refractivity contribution in [3.63, 3.8) is 0 Å². The molecule has 0 amide bonds. The van der Waals surface area contributed by atoms with Crippen LogP contribution in [0.3, 0.4) is 0 Å². The normalized spacial score (nSPS) is 14.5. The number of benzene rings is 1. The van der Waals surface area contributed by atoms with Gasteiger partial charge in [0.15, 0.2) is 14.6 Å². The lowest BCUT2D eigenvalue weighted by atomic mass is 10.0. The fourth-order valence-corrected chi connectivity index (χ4v) is 5.92. The monoisotopic (exact) mass is 487 g/mol. The van der Waals surface area contributed by atoms with Gasteiger partial charge in [-0.25, -0.2) is 8.42 Å². The molecule has 0 fully saturated rings. The van der Waals surface area contributed by atoms with E-state index in [1.807, 2.05) is 19.1 Å². The van der Waals surface area contributed by atoms with Crippen LogP contribution < -0.4 is 0 Å². The van der Waals surface area contributed by atoms with Crippen molar-refractivity contribution in [2.75, 3.05) is 27.4 Å². The van der Waals surface area contributed by atoms with Gasteiger partial charge in [0.1, 0.15) is 0 Å². The van der Waals surface area contributed by atoms with Gasteiger partial charge in [0.05, 0.1) is 11.5 Å². The first kappa shape index (κ1) is 29.3. The van der Waals surface area contributed by atoms with Crippen LogP contribution in [0.5, 0.6) is 0 Å². The molecule has 0 unspecified atom stereocenters. The highest BCUT2D eigenvalue weighted by molar-refractivity contribution is 7.89. The van der Waals surface area contributed by atoms with Crippen LogP contribution in [-0.4, -0.2) is 60.7 Å². The van der Waals surface area contributed by atoms with Crippen molar-refractivity contribution in [2.24, 2.45) is 5.92 Å². The summed E-state index contributed by atoms with van der Waals surface area (Å²) < 4.78 is 46.4. The third-order valence-electron chi connectivity index (χ3n) is 6.33. The molecule has 6 nitrogen and oxygen atoms in total. The second-order valence-electron chi connectivity index (χ2n) is 10.5. The minimum absolute atomic E-state index is 0.0488. The summed E-state index contributed by atoms with van der Waals surface area (Å²) in [5.74, 6) is 0.319. The Hall–Kier alpha value is -0.773. The third kappa shape index (κ3) is 8.22. The molecule has 0 aliphatic carbocycles. The Morgan fingerprint density at radius 1 is 1.03 bits per heavy atom. The average molecular weight is 488 g/mol. The van der Waals surface area contributed by atoms with Crippen LogP contribution in [0.15, 0.2) is 29.2 Å². The molecule has 8 heteroatoms. The fourth-order valence-electron chi connectivity index (χ4n) is 3.24. The van der Waals surface area contributed by atoms with Gasteiger partial charge in [-0.2, -0.15) is 4.31 Å². The SMILES string of the molecule is COC(CCN([C@H](CO[Si](C)(C)C(C)(C)C)CC(C)C)S(=O)(=O)c1ccc(C)cc1)OC. The van der Waals surface area contributed by atoms with E-state index in [0.717, 1.165) is 5.56 Å². The van der Waals surface area contributed by atoms with Crippen LogP contribution >= 0.6 is 0 Å². The second-order valence-corrected chi connectivity index (χ2v) is 17.2. The first-order chi connectivity index (χ1) is 14.7. The van der Waals surface area contributed by atoms with Crippen molar-refractivity contribution in [2.45, 2.75) is 89.7 Å². The zero-order chi connectivity index (χ0) is 24.7. The Balaban J connectivity index is 3.35. The summed E-state index contributed by atoms with van der Waals surface area (Å²) in [4.78, 5) is 0.301. The van der Waals surface area contributed by atoms with Crippen molar-refractivity contribution >= 4 is 18.3 Å². The Kier molecular flexibility index (Phi) is 11.0. The molecule has 1 atom stereocenters. The molecule has 32 heavy (non-hydrogen) atoms. The van der Waals surface area contributed by atoms with Gasteiger partial charge in [0.25, 0.3) is 0 Å². The summed E-state index contributed by atoms with van der Waals surface area (Å²) >= 11 is 0. The fraction of sp³-hybridized carbons (Fsp3) is 0.750. The summed E-state index contributed by atoms with van der Waals surface area (Å²) in [5, 5.41) is 0.0488. The van der Waals surface area contributed by atoms with Crippen molar-refractivity contribution in [1.29, 1.82) is 0 Å². The molecular weight excluding hydrogens is 442 g/mol. The maximum atomic E-state index is 13.8. The molecule has 1 aromatic rings. The van der Waals surface area contributed by atoms with Crippen LogP contribution in [0, 0.1) is 12.8 Å². The molecule has 1 rings (SSSR count). The predicted molar refractivity (Wildman–Crippen MR) is 134 cm³/mol. The highest BCUT2D eigenvalue weighted by Crippen LogP contribution is 2.37. The van der Waals surface area contributed by atoms with E-state index in [1.165, 1.54) is 0 Å². The molecule has 1 aromatic carbocycles. The zero-order valence-electron chi connectivity index (χ0n) is 21.8. The number of nitrogens with zero attached hydrogens (tertiary/aromatic N) is 1.